The molecular weight excluding hydrogens is 244 g/mol. The summed E-state index contributed by atoms with van der Waals surface area (Å²) in [5, 5.41) is 11.7. The van der Waals surface area contributed by atoms with Crippen LogP contribution in [0.15, 0.2) is 24.3 Å². The molecule has 1 aromatic rings. The molecule has 1 amide bonds. The molecule has 5 heteroatoms. The van der Waals surface area contributed by atoms with E-state index in [0.29, 0.717) is 6.42 Å². The second-order valence-electron chi connectivity index (χ2n) is 4.35. The molecular formula is C14H22N2O3. The molecule has 0 atom stereocenters. The minimum Gasteiger partial charge on any atom is -0.497 e. The third-order valence-electron chi connectivity index (χ3n) is 2.87. The van der Waals surface area contributed by atoms with Gasteiger partial charge >= 0.3 is 0 Å². The predicted molar refractivity (Wildman–Crippen MR) is 74.5 cm³/mol. The van der Waals surface area contributed by atoms with Gasteiger partial charge in [-0.3, -0.25) is 10.0 Å². The summed E-state index contributed by atoms with van der Waals surface area (Å²) in [6, 6.07) is 7.83. The smallest absolute Gasteiger partial charge is 0.243 e. The lowest BCUT2D eigenvalue weighted by atomic mass is 10.1. The van der Waals surface area contributed by atoms with Crippen LogP contribution in [0.1, 0.15) is 32.1 Å². The van der Waals surface area contributed by atoms with Crippen LogP contribution in [-0.2, 0) is 4.79 Å². The van der Waals surface area contributed by atoms with Crippen LogP contribution in [0.5, 0.6) is 5.75 Å². The highest BCUT2D eigenvalue weighted by Crippen LogP contribution is 2.15. The quantitative estimate of drug-likeness (QED) is 0.365. The van der Waals surface area contributed by atoms with Gasteiger partial charge in [-0.05, 0) is 37.1 Å². The van der Waals surface area contributed by atoms with Crippen molar-refractivity contribution in [1.82, 2.24) is 5.48 Å². The lowest BCUT2D eigenvalue weighted by Crippen LogP contribution is -2.17. The number of amides is 1. The van der Waals surface area contributed by atoms with Gasteiger partial charge in [-0.25, -0.2) is 5.48 Å². The van der Waals surface area contributed by atoms with Crippen LogP contribution in [0.3, 0.4) is 0 Å². The number of benzene rings is 1. The van der Waals surface area contributed by atoms with Crippen LogP contribution in [0, 0.1) is 0 Å². The molecule has 19 heavy (non-hydrogen) atoms. The van der Waals surface area contributed by atoms with Gasteiger partial charge in [0.05, 0.1) is 7.11 Å². The van der Waals surface area contributed by atoms with E-state index < -0.39 is 0 Å². The number of methoxy groups -OCH3 is 1. The van der Waals surface area contributed by atoms with Crippen molar-refractivity contribution in [3.63, 3.8) is 0 Å². The fourth-order valence-electron chi connectivity index (χ4n) is 1.76. The number of nitrogens with one attached hydrogen (secondary N) is 2. The molecule has 0 aliphatic carbocycles. The number of hydrogen-bond donors (Lipinski definition) is 3. The van der Waals surface area contributed by atoms with Gasteiger partial charge < -0.3 is 10.1 Å². The summed E-state index contributed by atoms with van der Waals surface area (Å²) in [5.74, 6) is 0.545. The Bertz CT molecular complexity index is 365. The second kappa shape index (κ2) is 9.22. The van der Waals surface area contributed by atoms with Crippen LogP contribution in [0.25, 0.3) is 0 Å². The Morgan fingerprint density at radius 3 is 2.47 bits per heavy atom. The molecule has 0 aromatic heterocycles. The van der Waals surface area contributed by atoms with E-state index >= 15 is 0 Å². The first-order chi connectivity index (χ1) is 9.26. The zero-order chi connectivity index (χ0) is 13.9. The van der Waals surface area contributed by atoms with Crippen molar-refractivity contribution in [2.45, 2.75) is 32.1 Å². The molecule has 0 bridgehead atoms. The lowest BCUT2D eigenvalue weighted by Gasteiger charge is -2.07. The summed E-state index contributed by atoms with van der Waals surface area (Å²) in [6.07, 6.45) is 4.34. The number of carbonyl (C=O) groups is 1. The number of unbranched alkanes of at least 4 members (excludes halogenated alkanes) is 3. The molecule has 0 aliphatic rings. The summed E-state index contributed by atoms with van der Waals surface area (Å²) < 4.78 is 5.09. The first kappa shape index (κ1) is 15.3. The Morgan fingerprint density at radius 2 is 1.84 bits per heavy atom. The van der Waals surface area contributed by atoms with E-state index in [2.05, 4.69) is 5.32 Å². The average molecular weight is 266 g/mol. The number of hydroxylamine groups is 1. The Hall–Kier alpha value is -1.75. The first-order valence-corrected chi connectivity index (χ1v) is 6.57. The molecule has 0 saturated carbocycles. The van der Waals surface area contributed by atoms with Gasteiger partial charge in [-0.2, -0.15) is 0 Å². The zero-order valence-electron chi connectivity index (χ0n) is 11.3. The molecule has 3 N–H and O–H groups in total. The second-order valence-corrected chi connectivity index (χ2v) is 4.35. The number of hydrogen-bond acceptors (Lipinski definition) is 4. The van der Waals surface area contributed by atoms with Crippen LogP contribution >= 0.6 is 0 Å². The summed E-state index contributed by atoms with van der Waals surface area (Å²) in [7, 11) is 1.65. The highest BCUT2D eigenvalue weighted by molar-refractivity contribution is 5.74. The standard InChI is InChI=1S/C14H22N2O3/c1-19-13-9-7-12(8-10-13)15-11-5-3-2-4-6-14(17)16-18/h7-10,15,18H,2-6,11H2,1H3,(H,16,17). The summed E-state index contributed by atoms with van der Waals surface area (Å²) >= 11 is 0. The number of carbonyl (C=O) groups excluding carboxylic acids is 1. The van der Waals surface area contributed by atoms with Gasteiger partial charge in [-0.15, -0.1) is 0 Å². The van der Waals surface area contributed by atoms with Crippen molar-refractivity contribution in [3.8, 4) is 5.75 Å². The van der Waals surface area contributed by atoms with Crippen molar-refractivity contribution in [2.24, 2.45) is 0 Å². The van der Waals surface area contributed by atoms with Gasteiger partial charge in [0.25, 0.3) is 0 Å². The topological polar surface area (TPSA) is 70.6 Å². The van der Waals surface area contributed by atoms with E-state index in [1.807, 2.05) is 24.3 Å². The molecule has 0 saturated heterocycles. The Labute approximate surface area is 113 Å². The van der Waals surface area contributed by atoms with Gasteiger partial charge in [0, 0.05) is 18.7 Å². The zero-order valence-corrected chi connectivity index (χ0v) is 11.3. The van der Waals surface area contributed by atoms with Crippen molar-refractivity contribution >= 4 is 11.6 Å². The van der Waals surface area contributed by atoms with Crippen molar-refractivity contribution < 1.29 is 14.7 Å². The fraction of sp³-hybridized carbons (Fsp3) is 0.500. The van der Waals surface area contributed by atoms with E-state index in [1.54, 1.807) is 12.6 Å². The van der Waals surface area contributed by atoms with Gasteiger partial charge in [0.2, 0.25) is 5.91 Å². The lowest BCUT2D eigenvalue weighted by molar-refractivity contribution is -0.129. The number of rotatable bonds is 9. The minimum absolute atomic E-state index is 0.309. The Kier molecular flexibility index (Phi) is 7.43. The third kappa shape index (κ3) is 6.67. The minimum atomic E-state index is -0.309. The highest BCUT2D eigenvalue weighted by atomic mass is 16.5. The average Bonchev–Trinajstić information content (AvgIpc) is 2.46. The highest BCUT2D eigenvalue weighted by Gasteiger charge is 1.98. The Morgan fingerprint density at radius 1 is 1.16 bits per heavy atom. The van der Waals surface area contributed by atoms with E-state index in [0.717, 1.165) is 43.7 Å². The maximum Gasteiger partial charge on any atom is 0.243 e. The molecule has 0 spiro atoms. The van der Waals surface area contributed by atoms with Crippen molar-refractivity contribution in [1.29, 1.82) is 0 Å². The Balaban J connectivity index is 2.02. The molecule has 0 radical (unpaired) electrons. The van der Waals surface area contributed by atoms with E-state index in [1.165, 1.54) is 0 Å². The molecule has 0 heterocycles. The summed E-state index contributed by atoms with van der Waals surface area (Å²) in [6.45, 7) is 0.915. The number of ether oxygens (including phenoxy) is 1. The molecule has 0 unspecified atom stereocenters. The molecule has 1 aromatic carbocycles. The monoisotopic (exact) mass is 266 g/mol. The van der Waals surface area contributed by atoms with Crippen molar-refractivity contribution in [2.75, 3.05) is 19.0 Å². The van der Waals surface area contributed by atoms with E-state index in [9.17, 15) is 4.79 Å². The van der Waals surface area contributed by atoms with Crippen LogP contribution in [0.4, 0.5) is 5.69 Å². The summed E-state index contributed by atoms with van der Waals surface area (Å²) in [4.78, 5) is 10.8. The third-order valence-corrected chi connectivity index (χ3v) is 2.87. The predicted octanol–water partition coefficient (Wildman–Crippen LogP) is 2.56. The van der Waals surface area contributed by atoms with E-state index in [4.69, 9.17) is 9.94 Å². The first-order valence-electron chi connectivity index (χ1n) is 6.57. The van der Waals surface area contributed by atoms with Gasteiger partial charge in [-0.1, -0.05) is 12.8 Å². The molecule has 1 rings (SSSR count). The SMILES string of the molecule is COc1ccc(NCCCCCCC(=O)NO)cc1. The largest absolute Gasteiger partial charge is 0.497 e. The molecule has 5 nitrogen and oxygen atoms in total. The number of anilines is 1. The fourth-order valence-corrected chi connectivity index (χ4v) is 1.76. The van der Waals surface area contributed by atoms with Gasteiger partial charge in [0.15, 0.2) is 0 Å². The summed E-state index contributed by atoms with van der Waals surface area (Å²) in [5.41, 5.74) is 2.72. The maximum absolute atomic E-state index is 10.8. The van der Waals surface area contributed by atoms with Crippen LogP contribution in [0.2, 0.25) is 0 Å². The molecule has 0 aliphatic heterocycles. The van der Waals surface area contributed by atoms with Gasteiger partial charge in [0.1, 0.15) is 5.75 Å². The normalized spacial score (nSPS) is 10.0. The molecule has 0 fully saturated rings. The van der Waals surface area contributed by atoms with Crippen molar-refractivity contribution in [3.05, 3.63) is 24.3 Å². The maximum atomic E-state index is 10.8. The molecule has 106 valence electrons. The van der Waals surface area contributed by atoms with Crippen LogP contribution in [-0.4, -0.2) is 24.8 Å². The van der Waals surface area contributed by atoms with Crippen LogP contribution < -0.4 is 15.5 Å². The van der Waals surface area contributed by atoms with E-state index in [-0.39, 0.29) is 5.91 Å².